The second-order valence-corrected chi connectivity index (χ2v) is 8.42. The van der Waals surface area contributed by atoms with Gasteiger partial charge in [0.1, 0.15) is 23.0 Å². The van der Waals surface area contributed by atoms with Crippen LogP contribution in [0.4, 0.5) is 0 Å². The van der Waals surface area contributed by atoms with E-state index in [1.165, 1.54) is 0 Å². The summed E-state index contributed by atoms with van der Waals surface area (Å²) in [5.74, 6) is 2.50. The lowest BCUT2D eigenvalue weighted by Crippen LogP contribution is -2.03. The molecule has 5 nitrogen and oxygen atoms in total. The van der Waals surface area contributed by atoms with Crippen LogP contribution in [-0.2, 0) is 4.31 Å². The van der Waals surface area contributed by atoms with Crippen LogP contribution in [0.15, 0.2) is 121 Å². The second-order valence-electron chi connectivity index (χ2n) is 6.15. The lowest BCUT2D eigenvalue weighted by atomic mass is 10.3. The Bertz CT molecular complexity index is 853. The standard InChI is InChI=1S/C24H20O5P2/c1-5-13-21(14-6-1)25-30(26-22-15-7-2-8-16-22)29-31(27-23-17-9-3-10-18-23)28-24-19-11-4-12-20-24/h1-20H. The molecule has 0 aliphatic heterocycles. The lowest BCUT2D eigenvalue weighted by Gasteiger charge is -2.22. The molecule has 0 bridgehead atoms. The Kier molecular flexibility index (Phi) is 7.73. The fourth-order valence-corrected chi connectivity index (χ4v) is 4.65. The highest BCUT2D eigenvalue weighted by Gasteiger charge is 2.29. The first-order chi connectivity index (χ1) is 15.3. The Labute approximate surface area is 184 Å². The minimum absolute atomic E-state index is 0.624. The van der Waals surface area contributed by atoms with Crippen LogP contribution >= 0.6 is 17.2 Å². The van der Waals surface area contributed by atoms with Crippen molar-refractivity contribution in [2.24, 2.45) is 0 Å². The SMILES string of the molecule is c1ccc(OP(Oc2ccccc2)OP(Oc2ccccc2)Oc2ccccc2)cc1. The minimum atomic E-state index is -1.87. The van der Waals surface area contributed by atoms with E-state index in [1.807, 2.05) is 121 Å². The largest absolute Gasteiger partial charge is 0.471 e. The highest BCUT2D eigenvalue weighted by atomic mass is 31.2. The van der Waals surface area contributed by atoms with Crippen molar-refractivity contribution in [3.8, 4) is 23.0 Å². The van der Waals surface area contributed by atoms with Crippen molar-refractivity contribution in [1.82, 2.24) is 0 Å². The Hall–Kier alpha value is -3.10. The van der Waals surface area contributed by atoms with Crippen LogP contribution in [0, 0.1) is 0 Å². The van der Waals surface area contributed by atoms with Crippen molar-refractivity contribution < 1.29 is 22.4 Å². The Morgan fingerprint density at radius 2 is 0.548 bits per heavy atom. The van der Waals surface area contributed by atoms with Crippen LogP contribution in [0.25, 0.3) is 0 Å². The Balaban J connectivity index is 1.55. The summed E-state index contributed by atoms with van der Waals surface area (Å²) in [6, 6.07) is 37.4. The van der Waals surface area contributed by atoms with Gasteiger partial charge in [-0.05, 0) is 48.5 Å². The van der Waals surface area contributed by atoms with Crippen LogP contribution < -0.4 is 18.1 Å². The highest BCUT2D eigenvalue weighted by molar-refractivity contribution is 7.56. The molecule has 0 saturated carbocycles. The smallest absolute Gasteiger partial charge is 0.417 e. The molecule has 4 rings (SSSR count). The van der Waals surface area contributed by atoms with Gasteiger partial charge in [0, 0.05) is 0 Å². The maximum absolute atomic E-state index is 6.11. The molecule has 0 unspecified atom stereocenters. The molecule has 0 amide bonds. The van der Waals surface area contributed by atoms with E-state index in [0.717, 1.165) is 0 Å². The second kappa shape index (κ2) is 11.3. The number of hydrogen-bond acceptors (Lipinski definition) is 5. The van der Waals surface area contributed by atoms with E-state index in [9.17, 15) is 0 Å². The van der Waals surface area contributed by atoms with Gasteiger partial charge in [0.05, 0.1) is 0 Å². The van der Waals surface area contributed by atoms with Gasteiger partial charge in [0.15, 0.2) is 0 Å². The quantitative estimate of drug-likeness (QED) is 0.231. The van der Waals surface area contributed by atoms with Gasteiger partial charge in [-0.3, -0.25) is 0 Å². The van der Waals surface area contributed by atoms with Gasteiger partial charge >= 0.3 is 17.2 Å². The molecule has 7 heteroatoms. The molecule has 156 valence electrons. The van der Waals surface area contributed by atoms with Gasteiger partial charge in [0.2, 0.25) is 0 Å². The third kappa shape index (κ3) is 6.97. The van der Waals surface area contributed by atoms with Gasteiger partial charge in [-0.25, -0.2) is 0 Å². The molecular formula is C24H20O5P2. The Morgan fingerprint density at radius 1 is 0.323 bits per heavy atom. The topological polar surface area (TPSA) is 46.2 Å². The number of rotatable bonds is 10. The summed E-state index contributed by atoms with van der Waals surface area (Å²) < 4.78 is 30.1. The molecule has 0 spiro atoms. The van der Waals surface area contributed by atoms with Crippen LogP contribution in [0.5, 0.6) is 23.0 Å². The van der Waals surface area contributed by atoms with Crippen LogP contribution in [-0.4, -0.2) is 0 Å². The summed E-state index contributed by atoms with van der Waals surface area (Å²) in [5, 5.41) is 0. The molecule has 0 aliphatic carbocycles. The zero-order valence-electron chi connectivity index (χ0n) is 16.5. The molecule has 0 fully saturated rings. The van der Waals surface area contributed by atoms with Crippen molar-refractivity contribution in [1.29, 1.82) is 0 Å². The molecule has 0 atom stereocenters. The summed E-state index contributed by atoms with van der Waals surface area (Å²) >= 11 is 0. The van der Waals surface area contributed by atoms with Gasteiger partial charge in [-0.2, -0.15) is 4.31 Å². The van der Waals surface area contributed by atoms with Crippen molar-refractivity contribution in [2.75, 3.05) is 0 Å². The average molecular weight is 450 g/mol. The first-order valence-electron chi connectivity index (χ1n) is 9.55. The summed E-state index contributed by atoms with van der Waals surface area (Å²) in [4.78, 5) is 0. The first-order valence-corrected chi connectivity index (χ1v) is 11.7. The molecule has 4 aromatic carbocycles. The third-order valence-corrected chi connectivity index (χ3v) is 6.33. The maximum Gasteiger partial charge on any atom is 0.471 e. The molecular weight excluding hydrogens is 430 g/mol. The molecule has 0 saturated heterocycles. The van der Waals surface area contributed by atoms with E-state index in [0.29, 0.717) is 23.0 Å². The van der Waals surface area contributed by atoms with E-state index in [1.54, 1.807) is 0 Å². The van der Waals surface area contributed by atoms with E-state index in [-0.39, 0.29) is 0 Å². The summed E-state index contributed by atoms with van der Waals surface area (Å²) in [6.45, 7) is 0. The van der Waals surface area contributed by atoms with Crippen LogP contribution in [0.2, 0.25) is 0 Å². The fraction of sp³-hybridized carbons (Fsp3) is 0. The number of benzene rings is 4. The molecule has 0 aliphatic rings. The van der Waals surface area contributed by atoms with Crippen LogP contribution in [0.3, 0.4) is 0 Å². The number of para-hydroxylation sites is 4. The van der Waals surface area contributed by atoms with E-state index >= 15 is 0 Å². The lowest BCUT2D eigenvalue weighted by molar-refractivity contribution is 0.341. The van der Waals surface area contributed by atoms with Gasteiger partial charge in [-0.1, -0.05) is 72.8 Å². The highest BCUT2D eigenvalue weighted by Crippen LogP contribution is 2.55. The summed E-state index contributed by atoms with van der Waals surface area (Å²) in [6.07, 6.45) is 0. The van der Waals surface area contributed by atoms with E-state index in [4.69, 9.17) is 22.4 Å². The molecule has 0 aromatic heterocycles. The average Bonchev–Trinajstić information content (AvgIpc) is 2.82. The number of hydrogen-bond donors (Lipinski definition) is 0. The van der Waals surface area contributed by atoms with Crippen LogP contribution in [0.1, 0.15) is 0 Å². The van der Waals surface area contributed by atoms with Crippen molar-refractivity contribution >= 4 is 17.2 Å². The maximum atomic E-state index is 6.11. The Morgan fingerprint density at radius 3 is 0.774 bits per heavy atom. The predicted octanol–water partition coefficient (Wildman–Crippen LogP) is 7.77. The molecule has 0 radical (unpaired) electrons. The molecule has 0 N–H and O–H groups in total. The normalized spacial score (nSPS) is 10.6. The van der Waals surface area contributed by atoms with Gasteiger partial charge in [-0.15, -0.1) is 0 Å². The first kappa shape index (κ1) is 21.1. The zero-order valence-corrected chi connectivity index (χ0v) is 18.3. The van der Waals surface area contributed by atoms with Crippen molar-refractivity contribution in [2.45, 2.75) is 0 Å². The fourth-order valence-electron chi connectivity index (χ4n) is 2.43. The molecule has 31 heavy (non-hydrogen) atoms. The molecule has 4 aromatic rings. The van der Waals surface area contributed by atoms with E-state index < -0.39 is 17.2 Å². The van der Waals surface area contributed by atoms with Gasteiger partial charge in [0.25, 0.3) is 0 Å². The predicted molar refractivity (Wildman–Crippen MR) is 123 cm³/mol. The zero-order chi connectivity index (χ0) is 21.1. The third-order valence-electron chi connectivity index (χ3n) is 3.83. The molecule has 0 heterocycles. The van der Waals surface area contributed by atoms with Crippen molar-refractivity contribution in [3.05, 3.63) is 121 Å². The van der Waals surface area contributed by atoms with Gasteiger partial charge < -0.3 is 18.1 Å². The van der Waals surface area contributed by atoms with Crippen molar-refractivity contribution in [3.63, 3.8) is 0 Å². The monoisotopic (exact) mass is 450 g/mol. The summed E-state index contributed by atoms with van der Waals surface area (Å²) in [5.41, 5.74) is 0. The minimum Gasteiger partial charge on any atom is -0.417 e. The summed E-state index contributed by atoms with van der Waals surface area (Å²) in [7, 11) is -3.73. The van der Waals surface area contributed by atoms with E-state index in [2.05, 4.69) is 0 Å².